The highest BCUT2D eigenvalue weighted by atomic mass is 35.5. The summed E-state index contributed by atoms with van der Waals surface area (Å²) in [7, 11) is 1.51. The van der Waals surface area contributed by atoms with Gasteiger partial charge in [0.25, 0.3) is 5.91 Å². The van der Waals surface area contributed by atoms with E-state index in [1.165, 1.54) is 24.1 Å². The maximum atomic E-state index is 13.8. The fourth-order valence-electron chi connectivity index (χ4n) is 4.56. The molecule has 202 valence electrons. The van der Waals surface area contributed by atoms with Gasteiger partial charge < -0.3 is 14.5 Å². The smallest absolute Gasteiger partial charge is 0.385 e. The van der Waals surface area contributed by atoms with Gasteiger partial charge in [0.1, 0.15) is 6.54 Å². The Morgan fingerprint density at radius 1 is 1.13 bits per heavy atom. The average Bonchev–Trinajstić information content (AvgIpc) is 3.36. The molecule has 0 saturated heterocycles. The SMILES string of the molecule is COCCCN(CC(=O)N1CCc2sccc2C1c1ccc(Cl)cc1Cl)C(=O)c1cccc(C(F)(F)F)c1. The molecule has 2 aromatic carbocycles. The minimum atomic E-state index is -4.59. The quantitative estimate of drug-likeness (QED) is 0.276. The number of hydrogen-bond donors (Lipinski definition) is 0. The monoisotopic (exact) mass is 584 g/mol. The summed E-state index contributed by atoms with van der Waals surface area (Å²) < 4.78 is 44.9. The van der Waals surface area contributed by atoms with E-state index >= 15 is 0 Å². The van der Waals surface area contributed by atoms with E-state index in [9.17, 15) is 22.8 Å². The Kier molecular flexibility index (Phi) is 9.03. The molecule has 0 saturated carbocycles. The van der Waals surface area contributed by atoms with Gasteiger partial charge in [-0.25, -0.2) is 0 Å². The molecule has 38 heavy (non-hydrogen) atoms. The molecule has 2 heterocycles. The molecule has 0 radical (unpaired) electrons. The number of carbonyl (C=O) groups excluding carboxylic acids is 2. The number of ether oxygens (including phenoxy) is 1. The van der Waals surface area contributed by atoms with Crippen LogP contribution in [-0.4, -0.2) is 55.0 Å². The first-order valence-corrected chi connectivity index (χ1v) is 13.5. The lowest BCUT2D eigenvalue weighted by atomic mass is 9.93. The lowest BCUT2D eigenvalue weighted by molar-refractivity contribution is -0.137. The summed E-state index contributed by atoms with van der Waals surface area (Å²) >= 11 is 14.3. The van der Waals surface area contributed by atoms with Gasteiger partial charge >= 0.3 is 6.18 Å². The van der Waals surface area contributed by atoms with E-state index in [-0.39, 0.29) is 24.6 Å². The Balaban J connectivity index is 1.64. The van der Waals surface area contributed by atoms with E-state index in [1.54, 1.807) is 34.4 Å². The lowest BCUT2D eigenvalue weighted by Gasteiger charge is -2.38. The first-order valence-electron chi connectivity index (χ1n) is 11.9. The number of hydrogen-bond acceptors (Lipinski definition) is 4. The highest BCUT2D eigenvalue weighted by Gasteiger charge is 2.36. The van der Waals surface area contributed by atoms with Gasteiger partial charge in [-0.15, -0.1) is 11.3 Å². The summed E-state index contributed by atoms with van der Waals surface area (Å²) in [6, 6.07) is 10.8. The van der Waals surface area contributed by atoms with Crippen molar-refractivity contribution in [1.82, 2.24) is 9.80 Å². The van der Waals surface area contributed by atoms with Gasteiger partial charge in [-0.1, -0.05) is 35.3 Å². The largest absolute Gasteiger partial charge is 0.416 e. The molecule has 3 aromatic rings. The van der Waals surface area contributed by atoms with Crippen LogP contribution in [0.1, 0.15) is 44.4 Å². The van der Waals surface area contributed by atoms with Crippen LogP contribution >= 0.6 is 34.5 Å². The summed E-state index contributed by atoms with van der Waals surface area (Å²) in [6.07, 6.45) is -3.54. The third kappa shape index (κ3) is 6.34. The third-order valence-electron chi connectivity index (χ3n) is 6.37. The summed E-state index contributed by atoms with van der Waals surface area (Å²) in [5, 5.41) is 2.84. The van der Waals surface area contributed by atoms with E-state index in [1.807, 2.05) is 11.4 Å². The number of alkyl halides is 3. The van der Waals surface area contributed by atoms with E-state index in [4.69, 9.17) is 27.9 Å². The number of halogens is 5. The predicted octanol–water partition coefficient (Wildman–Crippen LogP) is 6.73. The standard InChI is InChI=1S/C27H25Cl2F3N2O3S/c1-37-12-3-10-33(26(36)17-4-2-5-18(14-17)27(30,31)32)16-24(35)34-11-8-23-21(9-13-38-23)25(34)20-7-6-19(28)15-22(20)29/h2,4-7,9,13-15,25H,3,8,10-12,16H2,1H3. The van der Waals surface area contributed by atoms with E-state index in [2.05, 4.69) is 0 Å². The zero-order valence-electron chi connectivity index (χ0n) is 20.4. The number of amides is 2. The van der Waals surface area contributed by atoms with Gasteiger partial charge in [-0.05, 0) is 65.7 Å². The Bertz CT molecular complexity index is 1310. The summed E-state index contributed by atoms with van der Waals surface area (Å²) in [6.45, 7) is 0.559. The third-order valence-corrected chi connectivity index (χ3v) is 7.93. The normalized spacial score (nSPS) is 15.3. The average molecular weight is 585 g/mol. The zero-order chi connectivity index (χ0) is 27.4. The van der Waals surface area contributed by atoms with Crippen LogP contribution in [0.25, 0.3) is 0 Å². The van der Waals surface area contributed by atoms with Gasteiger partial charge in [0, 0.05) is 47.3 Å². The number of benzene rings is 2. The van der Waals surface area contributed by atoms with Gasteiger partial charge in [-0.2, -0.15) is 13.2 Å². The molecule has 2 amide bonds. The van der Waals surface area contributed by atoms with Crippen LogP contribution in [0.5, 0.6) is 0 Å². The van der Waals surface area contributed by atoms with Crippen LogP contribution in [0.3, 0.4) is 0 Å². The molecular formula is C27H25Cl2F3N2O3S. The number of methoxy groups -OCH3 is 1. The summed E-state index contributed by atoms with van der Waals surface area (Å²) in [5.41, 5.74) is 0.596. The topological polar surface area (TPSA) is 49.9 Å². The Hall–Kier alpha value is -2.59. The van der Waals surface area contributed by atoms with Crippen LogP contribution in [0.2, 0.25) is 10.0 Å². The molecule has 1 atom stereocenters. The molecule has 5 nitrogen and oxygen atoms in total. The van der Waals surface area contributed by atoms with Gasteiger partial charge in [-0.3, -0.25) is 9.59 Å². The molecular weight excluding hydrogens is 560 g/mol. The molecule has 0 fully saturated rings. The summed E-state index contributed by atoms with van der Waals surface area (Å²) in [5.74, 6) is -0.995. The van der Waals surface area contributed by atoms with Crippen molar-refractivity contribution in [2.24, 2.45) is 0 Å². The molecule has 1 aliphatic heterocycles. The number of rotatable bonds is 8. The minimum absolute atomic E-state index is 0.137. The van der Waals surface area contributed by atoms with Crippen molar-refractivity contribution in [3.8, 4) is 0 Å². The Morgan fingerprint density at radius 2 is 1.92 bits per heavy atom. The minimum Gasteiger partial charge on any atom is -0.385 e. The molecule has 1 aromatic heterocycles. The Labute approximate surface area is 232 Å². The number of carbonyl (C=O) groups is 2. The second-order valence-corrected chi connectivity index (χ2v) is 10.7. The van der Waals surface area contributed by atoms with Crippen molar-refractivity contribution in [3.63, 3.8) is 0 Å². The van der Waals surface area contributed by atoms with Crippen molar-refractivity contribution in [3.05, 3.63) is 91.1 Å². The van der Waals surface area contributed by atoms with Crippen LogP contribution < -0.4 is 0 Å². The molecule has 4 rings (SSSR count). The molecule has 0 spiro atoms. The van der Waals surface area contributed by atoms with E-state index in [0.29, 0.717) is 41.6 Å². The maximum Gasteiger partial charge on any atom is 0.416 e. The van der Waals surface area contributed by atoms with Gasteiger partial charge in [0.05, 0.1) is 11.6 Å². The number of nitrogens with zero attached hydrogens (tertiary/aromatic N) is 2. The van der Waals surface area contributed by atoms with Crippen molar-refractivity contribution in [1.29, 1.82) is 0 Å². The van der Waals surface area contributed by atoms with Gasteiger partial charge in [0.2, 0.25) is 5.91 Å². The molecule has 0 N–H and O–H groups in total. The fraction of sp³-hybridized carbons (Fsp3) is 0.333. The molecule has 1 unspecified atom stereocenters. The second kappa shape index (κ2) is 12.1. The van der Waals surface area contributed by atoms with Crippen LogP contribution in [0.4, 0.5) is 13.2 Å². The van der Waals surface area contributed by atoms with Crippen LogP contribution in [-0.2, 0) is 22.1 Å². The van der Waals surface area contributed by atoms with Crippen molar-refractivity contribution < 1.29 is 27.5 Å². The van der Waals surface area contributed by atoms with Crippen molar-refractivity contribution in [2.45, 2.75) is 25.1 Å². The molecule has 1 aliphatic rings. The van der Waals surface area contributed by atoms with E-state index < -0.39 is 23.7 Å². The highest BCUT2D eigenvalue weighted by molar-refractivity contribution is 7.10. The first kappa shape index (κ1) is 28.4. The molecule has 0 bridgehead atoms. The van der Waals surface area contributed by atoms with Crippen molar-refractivity contribution >= 4 is 46.4 Å². The van der Waals surface area contributed by atoms with Gasteiger partial charge in [0.15, 0.2) is 0 Å². The maximum absolute atomic E-state index is 13.8. The van der Waals surface area contributed by atoms with E-state index in [0.717, 1.165) is 22.6 Å². The predicted molar refractivity (Wildman–Crippen MR) is 142 cm³/mol. The van der Waals surface area contributed by atoms with Crippen molar-refractivity contribution in [2.75, 3.05) is 33.4 Å². The van der Waals surface area contributed by atoms with Crippen LogP contribution in [0, 0.1) is 0 Å². The van der Waals surface area contributed by atoms with Crippen LogP contribution in [0.15, 0.2) is 53.9 Å². The Morgan fingerprint density at radius 3 is 2.63 bits per heavy atom. The number of fused-ring (bicyclic) bond motifs is 1. The molecule has 11 heteroatoms. The second-order valence-electron chi connectivity index (χ2n) is 8.86. The zero-order valence-corrected chi connectivity index (χ0v) is 22.8. The summed E-state index contributed by atoms with van der Waals surface area (Å²) in [4.78, 5) is 31.2. The first-order chi connectivity index (χ1) is 18.1. The fourth-order valence-corrected chi connectivity index (χ4v) is 5.98. The lowest BCUT2D eigenvalue weighted by Crippen LogP contribution is -2.47. The number of thiophene rings is 1. The highest BCUT2D eigenvalue weighted by Crippen LogP contribution is 2.41. The molecule has 0 aliphatic carbocycles.